The zero-order valence-electron chi connectivity index (χ0n) is 17.4. The number of thiazole rings is 1. The Morgan fingerprint density at radius 1 is 1.18 bits per heavy atom. The van der Waals surface area contributed by atoms with E-state index >= 15 is 0 Å². The van der Waals surface area contributed by atoms with Gasteiger partial charge in [-0.25, -0.2) is 9.78 Å². The molecule has 4 rings (SSSR count). The summed E-state index contributed by atoms with van der Waals surface area (Å²) in [6.45, 7) is 1.80. The normalized spacial score (nSPS) is 13.0. The van der Waals surface area contributed by atoms with Crippen LogP contribution in [0.2, 0.25) is 0 Å². The minimum atomic E-state index is -4.45. The van der Waals surface area contributed by atoms with E-state index in [0.29, 0.717) is 11.7 Å². The molecule has 0 spiro atoms. The third-order valence-corrected chi connectivity index (χ3v) is 5.53. The number of nitrogens with zero attached hydrogens (tertiary/aromatic N) is 1. The van der Waals surface area contributed by atoms with E-state index in [-0.39, 0.29) is 16.1 Å². The van der Waals surface area contributed by atoms with E-state index in [9.17, 15) is 22.8 Å². The molecule has 0 atom stereocenters. The van der Waals surface area contributed by atoms with Crippen molar-refractivity contribution < 1.29 is 27.9 Å². The van der Waals surface area contributed by atoms with Crippen molar-refractivity contribution in [3.63, 3.8) is 0 Å². The highest BCUT2D eigenvalue weighted by Crippen LogP contribution is 2.31. The van der Waals surface area contributed by atoms with Gasteiger partial charge in [0.2, 0.25) is 0 Å². The molecule has 1 heterocycles. The summed E-state index contributed by atoms with van der Waals surface area (Å²) in [6, 6.07) is 9.71. The summed E-state index contributed by atoms with van der Waals surface area (Å²) in [7, 11) is 0. The molecule has 3 aromatic rings. The number of carboxylic acid groups (broad SMARTS) is 1. The maximum Gasteiger partial charge on any atom is 0.416 e. The Bertz CT molecular complexity index is 1160. The first kappa shape index (κ1) is 24.1. The number of nitrogens with one attached hydrogen (secondary N) is 2. The lowest BCUT2D eigenvalue weighted by Gasteiger charge is -2.10. The van der Waals surface area contributed by atoms with Crippen LogP contribution in [0.25, 0.3) is 0 Å². The van der Waals surface area contributed by atoms with Gasteiger partial charge in [0.05, 0.1) is 11.8 Å². The minimum Gasteiger partial charge on any atom is -0.477 e. The Morgan fingerprint density at radius 2 is 1.91 bits per heavy atom. The Morgan fingerprint density at radius 3 is 2.48 bits per heavy atom. The number of aromatic carboxylic acids is 1. The highest BCUT2D eigenvalue weighted by Gasteiger charge is 2.30. The molecule has 11 heteroatoms. The monoisotopic (exact) mass is 478 g/mol. The molecular weight excluding hydrogens is 457 g/mol. The second-order valence-electron chi connectivity index (χ2n) is 7.36. The van der Waals surface area contributed by atoms with Gasteiger partial charge >= 0.3 is 12.1 Å². The number of hydrogen-bond donors (Lipinski definition) is 4. The number of rotatable bonds is 5. The van der Waals surface area contributed by atoms with Crippen LogP contribution < -0.4 is 16.4 Å². The standard InChI is InChI=1S/C15H13F3N2O.C7H8N2O2S/c1-9-5-6-10(7-13(9)19)14(21)20-12-4-2-3-11(8-12)15(16,17)18;10-6(11)5-3-8-7(12-5)9-4-1-2-4/h2-8H,19H2,1H3,(H,20,21);3-4H,1-2H2,(H,8,9)(H,10,11). The number of nitrogen functional groups attached to an aromatic ring is 1. The Hall–Kier alpha value is -3.60. The summed E-state index contributed by atoms with van der Waals surface area (Å²) in [4.78, 5) is 26.7. The maximum atomic E-state index is 12.6. The van der Waals surface area contributed by atoms with Gasteiger partial charge in [-0.3, -0.25) is 4.79 Å². The zero-order valence-corrected chi connectivity index (χ0v) is 18.3. The minimum absolute atomic E-state index is 0.0778. The molecule has 0 unspecified atom stereocenters. The maximum absolute atomic E-state index is 12.6. The molecule has 1 aliphatic carbocycles. The molecule has 33 heavy (non-hydrogen) atoms. The number of benzene rings is 2. The number of anilines is 3. The van der Waals surface area contributed by atoms with E-state index in [1.807, 2.05) is 0 Å². The smallest absolute Gasteiger partial charge is 0.416 e. The fourth-order valence-electron chi connectivity index (χ4n) is 2.60. The molecule has 1 aliphatic rings. The Balaban J connectivity index is 0.000000215. The summed E-state index contributed by atoms with van der Waals surface area (Å²) in [6.07, 6.45) is -0.725. The quantitative estimate of drug-likeness (QED) is 0.372. The second kappa shape index (κ2) is 9.90. The van der Waals surface area contributed by atoms with Crippen molar-refractivity contribution >= 4 is 39.7 Å². The SMILES string of the molecule is Cc1ccc(C(=O)Nc2cccc(C(F)(F)F)c2)cc1N.O=C(O)c1cnc(NC2CC2)s1. The lowest BCUT2D eigenvalue weighted by atomic mass is 10.1. The van der Waals surface area contributed by atoms with Crippen LogP contribution in [0.15, 0.2) is 48.7 Å². The highest BCUT2D eigenvalue weighted by atomic mass is 32.1. The van der Waals surface area contributed by atoms with E-state index in [1.54, 1.807) is 19.1 Å². The zero-order chi connectivity index (χ0) is 24.2. The molecule has 0 bridgehead atoms. The number of carbonyl (C=O) groups excluding carboxylic acids is 1. The summed E-state index contributed by atoms with van der Waals surface area (Å²) >= 11 is 1.19. The number of hydrogen-bond acceptors (Lipinski definition) is 6. The number of aryl methyl sites for hydroxylation is 1. The molecule has 1 aromatic heterocycles. The number of halogens is 3. The topological polar surface area (TPSA) is 117 Å². The molecule has 1 saturated carbocycles. The third kappa shape index (κ3) is 6.94. The molecule has 0 aliphatic heterocycles. The molecule has 2 aromatic carbocycles. The van der Waals surface area contributed by atoms with Gasteiger partial charge < -0.3 is 21.5 Å². The highest BCUT2D eigenvalue weighted by molar-refractivity contribution is 7.17. The average Bonchev–Trinajstić information content (AvgIpc) is 3.43. The summed E-state index contributed by atoms with van der Waals surface area (Å²) in [5.41, 5.74) is 6.53. The molecule has 7 nitrogen and oxygen atoms in total. The van der Waals surface area contributed by atoms with Gasteiger partial charge in [0, 0.05) is 23.0 Å². The number of alkyl halides is 3. The predicted octanol–water partition coefficient (Wildman–Crippen LogP) is 5.26. The molecule has 0 saturated heterocycles. The van der Waals surface area contributed by atoms with Crippen LogP contribution in [0, 0.1) is 6.92 Å². The Kier molecular flexibility index (Phi) is 7.22. The third-order valence-electron chi connectivity index (χ3n) is 4.61. The number of nitrogens with two attached hydrogens (primary N) is 1. The van der Waals surface area contributed by atoms with Gasteiger partial charge in [0.15, 0.2) is 5.13 Å². The van der Waals surface area contributed by atoms with Gasteiger partial charge in [0.25, 0.3) is 5.91 Å². The lowest BCUT2D eigenvalue weighted by Crippen LogP contribution is -2.13. The first-order valence-electron chi connectivity index (χ1n) is 9.83. The molecule has 1 amide bonds. The fraction of sp³-hybridized carbons (Fsp3) is 0.227. The number of carbonyl (C=O) groups is 2. The molecule has 0 radical (unpaired) electrons. The first-order valence-corrected chi connectivity index (χ1v) is 10.6. The van der Waals surface area contributed by atoms with Crippen LogP contribution in [0.1, 0.15) is 44.0 Å². The van der Waals surface area contributed by atoms with Crippen LogP contribution in [0.3, 0.4) is 0 Å². The average molecular weight is 478 g/mol. The second-order valence-corrected chi connectivity index (χ2v) is 8.39. The van der Waals surface area contributed by atoms with Crippen LogP contribution >= 0.6 is 11.3 Å². The van der Waals surface area contributed by atoms with Gasteiger partial charge in [-0.2, -0.15) is 13.2 Å². The van der Waals surface area contributed by atoms with E-state index in [2.05, 4.69) is 15.6 Å². The van der Waals surface area contributed by atoms with E-state index < -0.39 is 23.6 Å². The van der Waals surface area contributed by atoms with E-state index in [0.717, 1.165) is 22.8 Å². The first-order chi connectivity index (χ1) is 15.5. The van der Waals surface area contributed by atoms with E-state index in [1.165, 1.54) is 48.6 Å². The van der Waals surface area contributed by atoms with Crippen LogP contribution in [0.5, 0.6) is 0 Å². The van der Waals surface area contributed by atoms with Crippen molar-refractivity contribution in [3.05, 3.63) is 70.2 Å². The van der Waals surface area contributed by atoms with Gasteiger partial charge in [-0.05, 0) is 55.7 Å². The molecule has 5 N–H and O–H groups in total. The van der Waals surface area contributed by atoms with Crippen LogP contribution in [-0.2, 0) is 6.18 Å². The number of carboxylic acids is 1. The van der Waals surface area contributed by atoms with Crippen molar-refractivity contribution in [2.75, 3.05) is 16.4 Å². The van der Waals surface area contributed by atoms with Gasteiger partial charge in [-0.15, -0.1) is 0 Å². The molecule has 1 fully saturated rings. The van der Waals surface area contributed by atoms with Crippen molar-refractivity contribution in [2.24, 2.45) is 0 Å². The van der Waals surface area contributed by atoms with Crippen molar-refractivity contribution in [2.45, 2.75) is 32.0 Å². The predicted molar refractivity (Wildman–Crippen MR) is 121 cm³/mol. The van der Waals surface area contributed by atoms with Crippen LogP contribution in [0.4, 0.5) is 29.7 Å². The largest absolute Gasteiger partial charge is 0.477 e. The Labute approximate surface area is 191 Å². The summed E-state index contributed by atoms with van der Waals surface area (Å²) in [5, 5.41) is 14.9. The summed E-state index contributed by atoms with van der Waals surface area (Å²) in [5.74, 6) is -1.42. The van der Waals surface area contributed by atoms with E-state index in [4.69, 9.17) is 10.8 Å². The van der Waals surface area contributed by atoms with Gasteiger partial charge in [0.1, 0.15) is 4.88 Å². The van der Waals surface area contributed by atoms with Crippen molar-refractivity contribution in [3.8, 4) is 0 Å². The molecule has 174 valence electrons. The lowest BCUT2D eigenvalue weighted by molar-refractivity contribution is -0.137. The number of aromatic nitrogens is 1. The molecular formula is C22H21F3N4O3S. The number of amides is 1. The fourth-order valence-corrected chi connectivity index (χ4v) is 3.33. The van der Waals surface area contributed by atoms with Crippen LogP contribution in [-0.4, -0.2) is 28.0 Å². The van der Waals surface area contributed by atoms with Gasteiger partial charge in [-0.1, -0.05) is 23.5 Å². The van der Waals surface area contributed by atoms with Crippen molar-refractivity contribution in [1.82, 2.24) is 4.98 Å². The summed E-state index contributed by atoms with van der Waals surface area (Å²) < 4.78 is 37.8. The van der Waals surface area contributed by atoms with Crippen molar-refractivity contribution in [1.29, 1.82) is 0 Å².